The zero-order valence-electron chi connectivity index (χ0n) is 29.9. The van der Waals surface area contributed by atoms with Gasteiger partial charge >= 0.3 is 0 Å². The molecule has 4 nitrogen and oxygen atoms in total. The molecule has 0 aliphatic heterocycles. The Morgan fingerprint density at radius 1 is 0.957 bits per heavy atom. The number of benzene rings is 2. The second-order valence-corrected chi connectivity index (χ2v) is 15.2. The van der Waals surface area contributed by atoms with Crippen LogP contribution in [0.4, 0.5) is 0 Å². The minimum atomic E-state index is 0. The zero-order valence-corrected chi connectivity index (χ0v) is 32.2. The van der Waals surface area contributed by atoms with E-state index in [9.17, 15) is 9.90 Å². The molecule has 2 aromatic heterocycles. The van der Waals surface area contributed by atoms with Gasteiger partial charge in [-0.15, -0.1) is 29.1 Å². The van der Waals surface area contributed by atoms with E-state index in [1.807, 2.05) is 33.9 Å². The Morgan fingerprint density at radius 2 is 1.57 bits per heavy atom. The Labute approximate surface area is 290 Å². The summed E-state index contributed by atoms with van der Waals surface area (Å²) in [6, 6.07) is 16.5. The van der Waals surface area contributed by atoms with E-state index in [0.29, 0.717) is 0 Å². The number of hydrogen-bond acceptors (Lipinski definition) is 4. The molecule has 1 aliphatic rings. The van der Waals surface area contributed by atoms with Crippen LogP contribution in [0.2, 0.25) is 0 Å². The maximum Gasteiger partial charge on any atom is 0.162 e. The molecule has 1 N–H and O–H groups in total. The van der Waals surface area contributed by atoms with Gasteiger partial charge in [0.2, 0.25) is 0 Å². The number of allylic oxidation sites excluding steroid dienone is 2. The Morgan fingerprint density at radius 3 is 2.15 bits per heavy atom. The van der Waals surface area contributed by atoms with Crippen molar-refractivity contribution in [2.45, 2.75) is 125 Å². The SMILES string of the molecule is CC(C)(C)c1cc(-c2nccc3c4c(oc23)C(C)(C)CC4(C)C)[c-]c2ccccc12.CCC(CC)C(=O)/C=C(\O)C(CC)CC.[Ir]. The minimum Gasteiger partial charge on any atom is -0.512 e. The van der Waals surface area contributed by atoms with Crippen molar-refractivity contribution in [2.75, 3.05) is 0 Å². The monoisotopic (exact) mass is 801 g/mol. The van der Waals surface area contributed by atoms with Gasteiger partial charge in [0, 0.05) is 66.3 Å². The molecule has 2 aromatic carbocycles. The molecule has 0 amide bonds. The fourth-order valence-electron chi connectivity index (χ4n) is 7.40. The predicted molar refractivity (Wildman–Crippen MR) is 189 cm³/mol. The first-order valence-electron chi connectivity index (χ1n) is 16.9. The molecule has 251 valence electrons. The smallest absolute Gasteiger partial charge is 0.162 e. The number of aliphatic hydroxyl groups excluding tert-OH is 1. The van der Waals surface area contributed by atoms with Crippen molar-refractivity contribution in [1.82, 2.24) is 4.98 Å². The largest absolute Gasteiger partial charge is 0.512 e. The number of aliphatic hydroxyl groups is 1. The van der Waals surface area contributed by atoms with Crippen LogP contribution in [0.15, 0.2) is 58.8 Å². The molecule has 0 saturated carbocycles. The summed E-state index contributed by atoms with van der Waals surface area (Å²) in [5.74, 6) is 1.67. The van der Waals surface area contributed by atoms with Gasteiger partial charge in [-0.1, -0.05) is 105 Å². The molecule has 1 radical (unpaired) electrons. The minimum absolute atomic E-state index is 0. The molecule has 0 spiro atoms. The van der Waals surface area contributed by atoms with Crippen molar-refractivity contribution in [2.24, 2.45) is 11.8 Å². The van der Waals surface area contributed by atoms with Crippen LogP contribution in [0.5, 0.6) is 0 Å². The number of pyridine rings is 1. The van der Waals surface area contributed by atoms with E-state index < -0.39 is 0 Å². The Kier molecular flexibility index (Phi) is 11.9. The van der Waals surface area contributed by atoms with Gasteiger partial charge in [-0.3, -0.25) is 9.78 Å². The quantitative estimate of drug-likeness (QED) is 0.110. The first kappa shape index (κ1) is 37.7. The van der Waals surface area contributed by atoms with E-state index in [1.165, 1.54) is 28.0 Å². The van der Waals surface area contributed by atoms with Crippen LogP contribution >= 0.6 is 0 Å². The third kappa shape index (κ3) is 7.52. The summed E-state index contributed by atoms with van der Waals surface area (Å²) in [6.07, 6.45) is 7.93. The number of carbonyl (C=O) groups is 1. The number of hydrogen-bond donors (Lipinski definition) is 1. The van der Waals surface area contributed by atoms with Crippen LogP contribution < -0.4 is 0 Å². The maximum absolute atomic E-state index is 11.7. The molecular formula is C41H54IrNO3-. The van der Waals surface area contributed by atoms with E-state index in [-0.39, 0.29) is 59.7 Å². The van der Waals surface area contributed by atoms with Crippen LogP contribution in [0.1, 0.15) is 125 Å². The predicted octanol–water partition coefficient (Wildman–Crippen LogP) is 11.6. The number of rotatable bonds is 8. The Balaban J connectivity index is 0.000000309. The molecule has 1 aliphatic carbocycles. The van der Waals surface area contributed by atoms with Gasteiger partial charge in [0.25, 0.3) is 0 Å². The molecule has 5 rings (SSSR count). The molecule has 0 unspecified atom stereocenters. The van der Waals surface area contributed by atoms with Gasteiger partial charge in [-0.2, -0.15) is 0 Å². The van der Waals surface area contributed by atoms with Crippen LogP contribution in [-0.4, -0.2) is 15.9 Å². The van der Waals surface area contributed by atoms with Crippen LogP contribution in [0.3, 0.4) is 0 Å². The molecule has 0 fully saturated rings. The standard InChI is InChI=1S/C28H30NO.C13H24O2.Ir/c1-26(2,3)21-15-18(14-17-10-8-9-11-19(17)21)23-24-20(12-13-29-23)22-25(30-24)28(6,7)16-27(22,4)5;1-5-10(6-2)12(14)9-13(15)11(7-3)8-4;/h8-13,15H,16H2,1-7H3;9-11,14H,5-8H2,1-4H3;/q-1;;/b;12-9-;. The summed E-state index contributed by atoms with van der Waals surface area (Å²) >= 11 is 0. The molecule has 0 saturated heterocycles. The fourth-order valence-corrected chi connectivity index (χ4v) is 7.40. The average Bonchev–Trinajstić information content (AvgIpc) is 3.47. The Bertz CT molecular complexity index is 1690. The normalized spacial score (nSPS) is 15.5. The molecule has 2 heterocycles. The van der Waals surface area contributed by atoms with Crippen molar-refractivity contribution >= 4 is 27.5 Å². The third-order valence-electron chi connectivity index (χ3n) is 9.70. The first-order valence-corrected chi connectivity index (χ1v) is 16.9. The van der Waals surface area contributed by atoms with E-state index in [1.54, 1.807) is 0 Å². The summed E-state index contributed by atoms with van der Waals surface area (Å²) in [5, 5.41) is 13.3. The van der Waals surface area contributed by atoms with Crippen molar-refractivity contribution in [3.05, 3.63) is 77.4 Å². The number of carbonyl (C=O) groups excluding carboxylic acids is 1. The fraction of sp³-hybridized carbons (Fsp3) is 0.512. The van der Waals surface area contributed by atoms with Crippen molar-refractivity contribution in [3.63, 3.8) is 0 Å². The van der Waals surface area contributed by atoms with Crippen molar-refractivity contribution < 1.29 is 34.4 Å². The first-order chi connectivity index (χ1) is 21.1. The summed E-state index contributed by atoms with van der Waals surface area (Å²) < 4.78 is 6.60. The van der Waals surface area contributed by atoms with Gasteiger partial charge in [-0.25, -0.2) is 0 Å². The molecule has 0 atom stereocenters. The van der Waals surface area contributed by atoms with E-state index in [2.05, 4.69) is 90.9 Å². The number of aromatic nitrogens is 1. The van der Waals surface area contributed by atoms with Crippen LogP contribution in [0.25, 0.3) is 33.0 Å². The molecular weight excluding hydrogens is 747 g/mol. The Hall–Kier alpha value is -2.75. The number of furan rings is 1. The third-order valence-corrected chi connectivity index (χ3v) is 9.70. The molecule has 0 bridgehead atoms. The summed E-state index contributed by atoms with van der Waals surface area (Å²) in [6.45, 7) is 24.1. The number of nitrogens with zero attached hydrogens (tertiary/aromatic N) is 1. The van der Waals surface area contributed by atoms with Gasteiger partial charge in [0.1, 0.15) is 11.3 Å². The van der Waals surface area contributed by atoms with Gasteiger partial charge in [-0.05, 0) is 49.0 Å². The number of ketones is 1. The maximum atomic E-state index is 11.7. The van der Waals surface area contributed by atoms with E-state index in [4.69, 9.17) is 9.40 Å². The van der Waals surface area contributed by atoms with Gasteiger partial charge in [0.05, 0.1) is 5.76 Å². The van der Waals surface area contributed by atoms with E-state index >= 15 is 0 Å². The molecule has 4 aromatic rings. The summed E-state index contributed by atoms with van der Waals surface area (Å²) in [7, 11) is 0. The topological polar surface area (TPSA) is 63.3 Å². The van der Waals surface area contributed by atoms with Crippen LogP contribution in [0, 0.1) is 17.9 Å². The molecule has 46 heavy (non-hydrogen) atoms. The summed E-state index contributed by atoms with van der Waals surface area (Å²) in [4.78, 5) is 16.5. The second-order valence-electron chi connectivity index (χ2n) is 15.2. The number of fused-ring (bicyclic) bond motifs is 4. The van der Waals surface area contributed by atoms with Gasteiger partial charge in [0.15, 0.2) is 5.78 Å². The van der Waals surface area contributed by atoms with Crippen molar-refractivity contribution in [3.8, 4) is 11.3 Å². The zero-order chi connectivity index (χ0) is 33.3. The molecule has 5 heteroatoms. The average molecular weight is 801 g/mol. The summed E-state index contributed by atoms with van der Waals surface area (Å²) in [5.41, 5.74) is 5.59. The van der Waals surface area contributed by atoms with E-state index in [0.717, 1.165) is 60.1 Å². The van der Waals surface area contributed by atoms with Crippen LogP contribution in [-0.2, 0) is 41.1 Å². The second kappa shape index (κ2) is 14.6. The van der Waals surface area contributed by atoms with Gasteiger partial charge < -0.3 is 9.52 Å². The van der Waals surface area contributed by atoms with Crippen molar-refractivity contribution in [1.29, 1.82) is 0 Å².